The third kappa shape index (κ3) is 3.84. The maximum Gasteiger partial charge on any atom is 0.161 e. The lowest BCUT2D eigenvalue weighted by atomic mass is 10.1. The topological polar surface area (TPSA) is 58.0 Å². The number of anilines is 1. The molecule has 1 heterocycles. The first kappa shape index (κ1) is 16.0. The predicted octanol–water partition coefficient (Wildman–Crippen LogP) is 4.40. The highest BCUT2D eigenvalue weighted by atomic mass is 127. The molecule has 0 atom stereocenters. The normalized spacial score (nSPS) is 10.9. The fourth-order valence-electron chi connectivity index (χ4n) is 1.98. The highest BCUT2D eigenvalue weighted by molar-refractivity contribution is 14.1. The van der Waals surface area contributed by atoms with Crippen LogP contribution in [-0.2, 0) is 0 Å². The van der Waals surface area contributed by atoms with Gasteiger partial charge in [0.15, 0.2) is 5.82 Å². The number of hydrogen-bond donors (Lipinski definition) is 2. The molecule has 0 bridgehead atoms. The van der Waals surface area contributed by atoms with E-state index >= 15 is 0 Å². The van der Waals surface area contributed by atoms with Gasteiger partial charge in [0.2, 0.25) is 0 Å². The second-order valence-electron chi connectivity index (χ2n) is 5.23. The lowest BCUT2D eigenvalue weighted by Crippen LogP contribution is -2.10. The number of aromatic nitrogens is 2. The average Bonchev–Trinajstić information content (AvgIpc) is 2.46. The van der Waals surface area contributed by atoms with Crippen LogP contribution in [0.15, 0.2) is 24.3 Å². The molecule has 1 aromatic heterocycles. The monoisotopic (exact) mass is 397 g/mol. The lowest BCUT2D eigenvalue weighted by molar-refractivity contribution is 0.475. The van der Waals surface area contributed by atoms with Crippen molar-refractivity contribution in [1.29, 1.82) is 0 Å². The summed E-state index contributed by atoms with van der Waals surface area (Å²) >= 11 is 2.30. The van der Waals surface area contributed by atoms with Crippen molar-refractivity contribution in [3.8, 4) is 17.1 Å². The maximum absolute atomic E-state index is 9.65. The summed E-state index contributed by atoms with van der Waals surface area (Å²) in [4.78, 5) is 9.31. The van der Waals surface area contributed by atoms with Gasteiger partial charge in [-0.3, -0.25) is 0 Å². The third-order valence-corrected chi connectivity index (χ3v) is 4.13. The summed E-state index contributed by atoms with van der Waals surface area (Å²) < 4.78 is 1.07. The van der Waals surface area contributed by atoms with Crippen LogP contribution < -0.4 is 5.32 Å². The standard InChI is InChI=1S/C16H20IN3O/c1-4-8-18-16-13(17)14(10(2)3)19-15(20-16)11-6-5-7-12(21)9-11/h5-7,9-10,21H,4,8H2,1-3H3,(H,18,19,20). The van der Waals surface area contributed by atoms with E-state index in [1.165, 1.54) is 0 Å². The first-order valence-electron chi connectivity index (χ1n) is 7.13. The molecule has 112 valence electrons. The summed E-state index contributed by atoms with van der Waals surface area (Å²) in [6, 6.07) is 7.06. The summed E-state index contributed by atoms with van der Waals surface area (Å²) in [5.74, 6) is 2.06. The summed E-state index contributed by atoms with van der Waals surface area (Å²) in [7, 11) is 0. The van der Waals surface area contributed by atoms with Crippen LogP contribution in [0.1, 0.15) is 38.8 Å². The molecular weight excluding hydrogens is 377 g/mol. The zero-order valence-electron chi connectivity index (χ0n) is 12.5. The largest absolute Gasteiger partial charge is 0.508 e. The van der Waals surface area contributed by atoms with E-state index in [-0.39, 0.29) is 5.75 Å². The van der Waals surface area contributed by atoms with Crippen LogP contribution in [0.5, 0.6) is 5.75 Å². The minimum atomic E-state index is 0.226. The number of halogens is 1. The Morgan fingerprint density at radius 1 is 1.29 bits per heavy atom. The molecule has 0 aliphatic heterocycles. The highest BCUT2D eigenvalue weighted by Gasteiger charge is 2.15. The molecular formula is C16H20IN3O. The smallest absolute Gasteiger partial charge is 0.161 e. The van der Waals surface area contributed by atoms with E-state index in [1.807, 2.05) is 6.07 Å². The van der Waals surface area contributed by atoms with E-state index in [9.17, 15) is 5.11 Å². The number of benzene rings is 1. The fraction of sp³-hybridized carbons (Fsp3) is 0.375. The molecule has 0 aliphatic rings. The van der Waals surface area contributed by atoms with Gasteiger partial charge in [-0.15, -0.1) is 0 Å². The van der Waals surface area contributed by atoms with Crippen molar-refractivity contribution in [3.63, 3.8) is 0 Å². The van der Waals surface area contributed by atoms with Gasteiger partial charge in [-0.2, -0.15) is 0 Å². The average molecular weight is 397 g/mol. The van der Waals surface area contributed by atoms with Crippen LogP contribution in [0, 0.1) is 3.57 Å². The highest BCUT2D eigenvalue weighted by Crippen LogP contribution is 2.29. The van der Waals surface area contributed by atoms with E-state index in [4.69, 9.17) is 0 Å². The van der Waals surface area contributed by atoms with Crippen LogP contribution in [0.25, 0.3) is 11.4 Å². The van der Waals surface area contributed by atoms with Gasteiger partial charge in [-0.05, 0) is 47.1 Å². The Kier molecular flexibility index (Phi) is 5.39. The molecule has 0 radical (unpaired) electrons. The van der Waals surface area contributed by atoms with Crippen molar-refractivity contribution in [2.24, 2.45) is 0 Å². The van der Waals surface area contributed by atoms with Crippen molar-refractivity contribution < 1.29 is 5.11 Å². The van der Waals surface area contributed by atoms with Crippen molar-refractivity contribution in [2.45, 2.75) is 33.1 Å². The van der Waals surface area contributed by atoms with E-state index in [0.717, 1.165) is 33.6 Å². The molecule has 5 heteroatoms. The zero-order valence-corrected chi connectivity index (χ0v) is 14.7. The second kappa shape index (κ2) is 7.06. The second-order valence-corrected chi connectivity index (χ2v) is 6.31. The fourth-order valence-corrected chi connectivity index (χ4v) is 3.04. The van der Waals surface area contributed by atoms with Crippen molar-refractivity contribution in [1.82, 2.24) is 9.97 Å². The SMILES string of the molecule is CCCNc1nc(-c2cccc(O)c2)nc(C(C)C)c1I. The van der Waals surface area contributed by atoms with Crippen molar-refractivity contribution >= 4 is 28.4 Å². The first-order chi connectivity index (χ1) is 10.0. The van der Waals surface area contributed by atoms with Gasteiger partial charge in [0.1, 0.15) is 11.6 Å². The van der Waals surface area contributed by atoms with Gasteiger partial charge >= 0.3 is 0 Å². The van der Waals surface area contributed by atoms with Gasteiger partial charge in [0.05, 0.1) is 9.26 Å². The molecule has 2 aromatic rings. The molecule has 4 nitrogen and oxygen atoms in total. The molecule has 2 N–H and O–H groups in total. The Labute approximate surface area is 139 Å². The quantitative estimate of drug-likeness (QED) is 0.735. The number of hydrogen-bond acceptors (Lipinski definition) is 4. The van der Waals surface area contributed by atoms with E-state index in [2.05, 4.69) is 58.6 Å². The molecule has 1 aromatic carbocycles. The first-order valence-corrected chi connectivity index (χ1v) is 8.21. The molecule has 0 saturated carbocycles. The Morgan fingerprint density at radius 2 is 2.05 bits per heavy atom. The Morgan fingerprint density at radius 3 is 2.67 bits per heavy atom. The minimum absolute atomic E-state index is 0.226. The van der Waals surface area contributed by atoms with Gasteiger partial charge in [0, 0.05) is 12.1 Å². The van der Waals surface area contributed by atoms with Crippen LogP contribution in [0.3, 0.4) is 0 Å². The van der Waals surface area contributed by atoms with E-state index < -0.39 is 0 Å². The number of rotatable bonds is 5. The predicted molar refractivity (Wildman–Crippen MR) is 94.7 cm³/mol. The Bertz CT molecular complexity index is 629. The van der Waals surface area contributed by atoms with Crippen LogP contribution in [-0.4, -0.2) is 21.6 Å². The molecule has 0 amide bonds. The molecule has 0 fully saturated rings. The molecule has 21 heavy (non-hydrogen) atoms. The summed E-state index contributed by atoms with van der Waals surface area (Å²) in [6.07, 6.45) is 1.04. The Hall–Kier alpha value is -1.37. The summed E-state index contributed by atoms with van der Waals surface area (Å²) in [5.41, 5.74) is 1.86. The number of nitrogens with one attached hydrogen (secondary N) is 1. The van der Waals surface area contributed by atoms with Gasteiger partial charge in [-0.1, -0.05) is 32.9 Å². The van der Waals surface area contributed by atoms with Crippen LogP contribution in [0.4, 0.5) is 5.82 Å². The molecule has 0 unspecified atom stereocenters. The van der Waals surface area contributed by atoms with E-state index in [0.29, 0.717) is 11.7 Å². The maximum atomic E-state index is 9.65. The minimum Gasteiger partial charge on any atom is -0.508 e. The number of phenols is 1. The molecule has 0 aliphatic carbocycles. The lowest BCUT2D eigenvalue weighted by Gasteiger charge is -2.15. The van der Waals surface area contributed by atoms with Gasteiger partial charge in [-0.25, -0.2) is 9.97 Å². The van der Waals surface area contributed by atoms with Crippen molar-refractivity contribution in [2.75, 3.05) is 11.9 Å². The van der Waals surface area contributed by atoms with Crippen LogP contribution in [0.2, 0.25) is 0 Å². The molecule has 2 rings (SSSR count). The number of phenolic OH excluding ortho intramolecular Hbond substituents is 1. The number of aromatic hydroxyl groups is 1. The van der Waals surface area contributed by atoms with E-state index in [1.54, 1.807) is 18.2 Å². The van der Waals surface area contributed by atoms with Crippen LogP contribution >= 0.6 is 22.6 Å². The molecule has 0 saturated heterocycles. The van der Waals surface area contributed by atoms with Gasteiger partial charge in [0.25, 0.3) is 0 Å². The number of nitrogens with zero attached hydrogens (tertiary/aromatic N) is 2. The van der Waals surface area contributed by atoms with Crippen molar-refractivity contribution in [3.05, 3.63) is 33.5 Å². The third-order valence-electron chi connectivity index (χ3n) is 3.07. The van der Waals surface area contributed by atoms with Gasteiger partial charge < -0.3 is 10.4 Å². The molecule has 0 spiro atoms. The zero-order chi connectivity index (χ0) is 15.4. The summed E-state index contributed by atoms with van der Waals surface area (Å²) in [6.45, 7) is 7.26. The summed E-state index contributed by atoms with van der Waals surface area (Å²) in [5, 5.41) is 13.0. The Balaban J connectivity index is 2.53.